The standard InChI is InChI=1S/C18H12N4O/c1-3-13-14-4-2-12(18-21-7-8-22-18)10-16(14)23-15(13)9-11(1)17-19-5-6-20-17/h1-10H,(H,19,20)(H,21,22). The number of aromatic amines is 2. The van der Waals surface area contributed by atoms with E-state index in [1.807, 2.05) is 24.5 Å². The second-order valence-corrected chi connectivity index (χ2v) is 5.40. The fourth-order valence-corrected chi connectivity index (χ4v) is 2.92. The molecule has 5 nitrogen and oxygen atoms in total. The molecule has 0 aliphatic carbocycles. The van der Waals surface area contributed by atoms with Gasteiger partial charge in [-0.15, -0.1) is 0 Å². The van der Waals surface area contributed by atoms with Crippen molar-refractivity contribution in [1.82, 2.24) is 19.9 Å². The smallest absolute Gasteiger partial charge is 0.137 e. The highest BCUT2D eigenvalue weighted by molar-refractivity contribution is 6.06. The first kappa shape index (κ1) is 12.2. The van der Waals surface area contributed by atoms with Crippen LogP contribution in [0.25, 0.3) is 44.7 Å². The maximum absolute atomic E-state index is 6.05. The van der Waals surface area contributed by atoms with E-state index in [9.17, 15) is 0 Å². The van der Waals surface area contributed by atoms with Gasteiger partial charge in [-0.3, -0.25) is 0 Å². The summed E-state index contributed by atoms with van der Waals surface area (Å²) in [4.78, 5) is 14.8. The zero-order chi connectivity index (χ0) is 15.2. The summed E-state index contributed by atoms with van der Waals surface area (Å²) < 4.78 is 6.05. The molecule has 3 aromatic heterocycles. The Labute approximate surface area is 131 Å². The minimum absolute atomic E-state index is 0.837. The van der Waals surface area contributed by atoms with E-state index in [0.29, 0.717) is 0 Å². The second-order valence-electron chi connectivity index (χ2n) is 5.40. The van der Waals surface area contributed by atoms with Crippen LogP contribution in [0.1, 0.15) is 0 Å². The fourth-order valence-electron chi connectivity index (χ4n) is 2.92. The van der Waals surface area contributed by atoms with E-state index in [2.05, 4.69) is 44.2 Å². The van der Waals surface area contributed by atoms with Gasteiger partial charge in [0.15, 0.2) is 0 Å². The third kappa shape index (κ3) is 1.87. The third-order valence-corrected chi connectivity index (χ3v) is 4.02. The van der Waals surface area contributed by atoms with E-state index in [4.69, 9.17) is 4.42 Å². The van der Waals surface area contributed by atoms with Crippen LogP contribution in [-0.4, -0.2) is 19.9 Å². The molecule has 0 fully saturated rings. The van der Waals surface area contributed by atoms with Gasteiger partial charge < -0.3 is 14.4 Å². The molecule has 0 saturated heterocycles. The van der Waals surface area contributed by atoms with Crippen molar-refractivity contribution in [3.63, 3.8) is 0 Å². The van der Waals surface area contributed by atoms with Gasteiger partial charge in [0.2, 0.25) is 0 Å². The summed E-state index contributed by atoms with van der Waals surface area (Å²) in [5, 5.41) is 2.20. The SMILES string of the molecule is c1c[nH]c(-c2ccc3c(c2)oc2cc(-c4ncc[nH]4)ccc23)n1. The fraction of sp³-hybridized carbons (Fsp3) is 0. The number of hydrogen-bond donors (Lipinski definition) is 2. The molecule has 0 amide bonds. The Morgan fingerprint density at radius 3 is 1.65 bits per heavy atom. The number of nitrogens with zero attached hydrogens (tertiary/aromatic N) is 2. The zero-order valence-electron chi connectivity index (χ0n) is 12.1. The Morgan fingerprint density at radius 1 is 0.696 bits per heavy atom. The molecule has 23 heavy (non-hydrogen) atoms. The number of hydrogen-bond acceptors (Lipinski definition) is 3. The molecule has 0 aliphatic heterocycles. The summed E-state index contributed by atoms with van der Waals surface area (Å²) in [6.45, 7) is 0. The Morgan fingerprint density at radius 2 is 1.22 bits per heavy atom. The van der Waals surface area contributed by atoms with Gasteiger partial charge in [0, 0.05) is 46.7 Å². The number of benzene rings is 2. The second kappa shape index (κ2) is 4.58. The molecule has 0 spiro atoms. The molecule has 0 unspecified atom stereocenters. The van der Waals surface area contributed by atoms with E-state index in [-0.39, 0.29) is 0 Å². The lowest BCUT2D eigenvalue weighted by molar-refractivity contribution is 0.669. The van der Waals surface area contributed by atoms with Crippen LogP contribution in [0.3, 0.4) is 0 Å². The minimum atomic E-state index is 0.837. The molecule has 5 aromatic rings. The maximum atomic E-state index is 6.05. The topological polar surface area (TPSA) is 70.5 Å². The van der Waals surface area contributed by atoms with E-state index in [1.54, 1.807) is 12.4 Å². The predicted octanol–water partition coefficient (Wildman–Crippen LogP) is 4.37. The number of H-pyrrole nitrogens is 2. The molecule has 0 atom stereocenters. The molecule has 0 radical (unpaired) electrons. The van der Waals surface area contributed by atoms with Crippen molar-refractivity contribution in [2.75, 3.05) is 0 Å². The summed E-state index contributed by atoms with van der Waals surface area (Å²) in [5.41, 5.74) is 3.72. The van der Waals surface area contributed by atoms with Crippen LogP contribution in [0.4, 0.5) is 0 Å². The molecule has 2 N–H and O–H groups in total. The maximum Gasteiger partial charge on any atom is 0.137 e. The molecule has 5 heteroatoms. The van der Waals surface area contributed by atoms with Crippen LogP contribution < -0.4 is 0 Å². The molecular weight excluding hydrogens is 288 g/mol. The van der Waals surface area contributed by atoms with E-state index in [1.165, 1.54) is 0 Å². The lowest BCUT2D eigenvalue weighted by Gasteiger charge is -1.97. The van der Waals surface area contributed by atoms with Crippen LogP contribution in [-0.2, 0) is 0 Å². The quantitative estimate of drug-likeness (QED) is 0.508. The molecular formula is C18H12N4O. The Hall–Kier alpha value is -3.34. The van der Waals surface area contributed by atoms with Crippen LogP contribution in [0, 0.1) is 0 Å². The Bertz CT molecular complexity index is 1020. The van der Waals surface area contributed by atoms with Crippen LogP contribution in [0.15, 0.2) is 65.6 Å². The highest BCUT2D eigenvalue weighted by Crippen LogP contribution is 2.33. The number of nitrogens with one attached hydrogen (secondary N) is 2. The zero-order valence-corrected chi connectivity index (χ0v) is 12.1. The largest absolute Gasteiger partial charge is 0.456 e. The summed E-state index contributed by atoms with van der Waals surface area (Å²) in [7, 11) is 0. The first-order chi connectivity index (χ1) is 11.4. The van der Waals surface area contributed by atoms with Crippen LogP contribution >= 0.6 is 0 Å². The summed E-state index contributed by atoms with van der Waals surface area (Å²) in [6.07, 6.45) is 7.11. The molecule has 0 bridgehead atoms. The highest BCUT2D eigenvalue weighted by Gasteiger charge is 2.11. The third-order valence-electron chi connectivity index (χ3n) is 4.02. The number of imidazole rings is 2. The van der Waals surface area contributed by atoms with Crippen LogP contribution in [0.2, 0.25) is 0 Å². The van der Waals surface area contributed by atoms with Gasteiger partial charge in [0.05, 0.1) is 0 Å². The number of fused-ring (bicyclic) bond motifs is 3. The first-order valence-corrected chi connectivity index (χ1v) is 7.34. The predicted molar refractivity (Wildman–Crippen MR) is 88.9 cm³/mol. The Balaban J connectivity index is 1.71. The van der Waals surface area contributed by atoms with Gasteiger partial charge in [0.25, 0.3) is 0 Å². The summed E-state index contributed by atoms with van der Waals surface area (Å²) >= 11 is 0. The monoisotopic (exact) mass is 300 g/mol. The summed E-state index contributed by atoms with van der Waals surface area (Å²) in [5.74, 6) is 1.67. The van der Waals surface area contributed by atoms with Crippen LogP contribution in [0.5, 0.6) is 0 Å². The van der Waals surface area contributed by atoms with Crippen molar-refractivity contribution in [3.8, 4) is 22.8 Å². The van der Waals surface area contributed by atoms with Crippen molar-refractivity contribution in [1.29, 1.82) is 0 Å². The number of aromatic nitrogens is 4. The average Bonchev–Trinajstić information content (AvgIpc) is 3.32. The van der Waals surface area contributed by atoms with E-state index in [0.717, 1.165) is 44.7 Å². The van der Waals surface area contributed by atoms with E-state index >= 15 is 0 Å². The van der Waals surface area contributed by atoms with Gasteiger partial charge in [-0.25, -0.2) is 9.97 Å². The van der Waals surface area contributed by atoms with Crippen molar-refractivity contribution in [3.05, 3.63) is 61.2 Å². The lowest BCUT2D eigenvalue weighted by Crippen LogP contribution is -1.79. The minimum Gasteiger partial charge on any atom is -0.456 e. The van der Waals surface area contributed by atoms with Crippen molar-refractivity contribution < 1.29 is 4.42 Å². The molecule has 5 rings (SSSR count). The van der Waals surface area contributed by atoms with Gasteiger partial charge in [-0.1, -0.05) is 12.1 Å². The number of furan rings is 1. The van der Waals surface area contributed by atoms with Gasteiger partial charge in [-0.2, -0.15) is 0 Å². The van der Waals surface area contributed by atoms with Gasteiger partial charge in [-0.05, 0) is 24.3 Å². The molecule has 2 aromatic carbocycles. The number of rotatable bonds is 2. The molecule has 3 heterocycles. The molecule has 0 aliphatic rings. The lowest BCUT2D eigenvalue weighted by atomic mass is 10.1. The molecule has 0 saturated carbocycles. The highest BCUT2D eigenvalue weighted by atomic mass is 16.3. The van der Waals surface area contributed by atoms with E-state index < -0.39 is 0 Å². The summed E-state index contributed by atoms with van der Waals surface area (Å²) in [6, 6.07) is 12.3. The first-order valence-electron chi connectivity index (χ1n) is 7.34. The van der Waals surface area contributed by atoms with Gasteiger partial charge >= 0.3 is 0 Å². The van der Waals surface area contributed by atoms with Gasteiger partial charge in [0.1, 0.15) is 22.8 Å². The van der Waals surface area contributed by atoms with Crippen molar-refractivity contribution in [2.45, 2.75) is 0 Å². The van der Waals surface area contributed by atoms with Crippen molar-refractivity contribution in [2.24, 2.45) is 0 Å². The Kier molecular flexibility index (Phi) is 2.43. The van der Waals surface area contributed by atoms with Crippen molar-refractivity contribution >= 4 is 21.9 Å². The average molecular weight is 300 g/mol. The molecule has 110 valence electrons. The normalized spacial score (nSPS) is 11.5.